The minimum Gasteiger partial charge on any atom is -0.464 e. The van der Waals surface area contributed by atoms with Crippen molar-refractivity contribution >= 4 is 17.4 Å². The van der Waals surface area contributed by atoms with Crippen LogP contribution in [0.4, 0.5) is 10.2 Å². The van der Waals surface area contributed by atoms with Crippen molar-refractivity contribution in [2.75, 3.05) is 18.2 Å². The molecule has 0 saturated heterocycles. The number of nitrogens with zero attached hydrogens (tertiary/aromatic N) is 3. The molecular weight excluding hydrogens is 345 g/mol. The Kier molecular flexibility index (Phi) is 4.34. The Hall–Kier alpha value is -2.89. The third-order valence-electron chi connectivity index (χ3n) is 5.29. The molecule has 0 spiro atoms. The number of anilines is 1. The Morgan fingerprint density at radius 3 is 2.81 bits per heavy atom. The molecule has 2 atom stereocenters. The second-order valence-corrected chi connectivity index (χ2v) is 7.16. The van der Waals surface area contributed by atoms with Crippen LogP contribution in [-0.2, 0) is 21.5 Å². The maximum atomic E-state index is 14.5. The fourth-order valence-electron chi connectivity index (χ4n) is 4.06. The zero-order valence-corrected chi connectivity index (χ0v) is 15.4. The van der Waals surface area contributed by atoms with Gasteiger partial charge in [-0.25, -0.2) is 9.37 Å². The number of pyridine rings is 1. The summed E-state index contributed by atoms with van der Waals surface area (Å²) in [6, 6.07) is 13.4. The van der Waals surface area contributed by atoms with Gasteiger partial charge < -0.3 is 14.0 Å². The van der Waals surface area contributed by atoms with Gasteiger partial charge in [0.25, 0.3) is 0 Å². The molecular formula is C21H22FN3O2. The lowest BCUT2D eigenvalue weighted by molar-refractivity contribution is -0.141. The van der Waals surface area contributed by atoms with Crippen molar-refractivity contribution in [2.24, 2.45) is 0 Å². The van der Waals surface area contributed by atoms with Crippen LogP contribution >= 0.6 is 0 Å². The number of rotatable bonds is 4. The van der Waals surface area contributed by atoms with Crippen molar-refractivity contribution in [1.29, 1.82) is 0 Å². The molecule has 0 saturated carbocycles. The van der Waals surface area contributed by atoms with Crippen LogP contribution in [0.2, 0.25) is 0 Å². The number of alkyl halides is 1. The van der Waals surface area contributed by atoms with E-state index in [0.29, 0.717) is 12.2 Å². The Labute approximate surface area is 157 Å². The maximum Gasteiger partial charge on any atom is 0.302 e. The Morgan fingerprint density at radius 2 is 2.07 bits per heavy atom. The number of ether oxygens (including phenoxy) is 1. The fraction of sp³-hybridized carbons (Fsp3) is 0.333. The van der Waals surface area contributed by atoms with Gasteiger partial charge in [0.1, 0.15) is 24.7 Å². The van der Waals surface area contributed by atoms with Crippen molar-refractivity contribution in [1.82, 2.24) is 9.38 Å². The molecule has 2 unspecified atom stereocenters. The molecule has 4 rings (SSSR count). The van der Waals surface area contributed by atoms with Gasteiger partial charge in [0, 0.05) is 13.1 Å². The van der Waals surface area contributed by atoms with Crippen LogP contribution in [0.3, 0.4) is 0 Å². The molecule has 1 aromatic carbocycles. The molecule has 6 heteroatoms. The summed E-state index contributed by atoms with van der Waals surface area (Å²) in [5.74, 6) is 0.332. The fourth-order valence-corrected chi connectivity index (χ4v) is 4.06. The van der Waals surface area contributed by atoms with E-state index in [-0.39, 0.29) is 18.6 Å². The zero-order chi connectivity index (χ0) is 19.0. The third kappa shape index (κ3) is 2.95. The molecule has 0 aliphatic carbocycles. The largest absolute Gasteiger partial charge is 0.464 e. The van der Waals surface area contributed by atoms with Crippen molar-refractivity contribution in [3.63, 3.8) is 0 Å². The summed E-state index contributed by atoms with van der Waals surface area (Å²) in [4.78, 5) is 18.1. The summed E-state index contributed by atoms with van der Waals surface area (Å²) < 4.78 is 21.8. The van der Waals surface area contributed by atoms with Gasteiger partial charge in [-0.1, -0.05) is 30.3 Å². The van der Waals surface area contributed by atoms with Gasteiger partial charge in [0.15, 0.2) is 0 Å². The quantitative estimate of drug-likeness (QED) is 0.662. The zero-order valence-electron chi connectivity index (χ0n) is 15.4. The van der Waals surface area contributed by atoms with Crippen LogP contribution in [0.5, 0.6) is 0 Å². The van der Waals surface area contributed by atoms with Crippen LogP contribution < -0.4 is 4.90 Å². The van der Waals surface area contributed by atoms with E-state index in [1.54, 1.807) is 0 Å². The highest BCUT2D eigenvalue weighted by molar-refractivity contribution is 5.66. The number of imidazole rings is 1. The predicted octanol–water partition coefficient (Wildman–Crippen LogP) is 3.51. The van der Waals surface area contributed by atoms with Crippen molar-refractivity contribution in [3.8, 4) is 0 Å². The van der Waals surface area contributed by atoms with E-state index in [1.165, 1.54) is 6.92 Å². The number of carbonyl (C=O) groups is 1. The van der Waals surface area contributed by atoms with E-state index in [1.807, 2.05) is 71.1 Å². The number of esters is 1. The first-order chi connectivity index (χ1) is 13.0. The normalized spacial score (nSPS) is 21.9. The molecule has 2 aromatic heterocycles. The van der Waals surface area contributed by atoms with E-state index in [9.17, 15) is 9.18 Å². The highest BCUT2D eigenvalue weighted by Gasteiger charge is 2.45. The number of halogens is 1. The smallest absolute Gasteiger partial charge is 0.302 e. The first-order valence-corrected chi connectivity index (χ1v) is 9.04. The van der Waals surface area contributed by atoms with E-state index in [4.69, 9.17) is 9.72 Å². The average Bonchev–Trinajstić information content (AvgIpc) is 3.09. The molecule has 0 amide bonds. The van der Waals surface area contributed by atoms with Crippen LogP contribution in [0, 0.1) is 0 Å². The molecule has 1 aliphatic rings. The van der Waals surface area contributed by atoms with Gasteiger partial charge in [-0.2, -0.15) is 0 Å². The van der Waals surface area contributed by atoms with Crippen molar-refractivity contribution in [2.45, 2.75) is 31.8 Å². The van der Waals surface area contributed by atoms with Crippen LogP contribution in [-0.4, -0.2) is 34.7 Å². The first kappa shape index (κ1) is 17.5. The summed E-state index contributed by atoms with van der Waals surface area (Å²) in [6.45, 7) is 2.89. The summed E-state index contributed by atoms with van der Waals surface area (Å²) in [6.07, 6.45) is 4.47. The minimum atomic E-state index is -0.891. The molecule has 27 heavy (non-hydrogen) atoms. The molecule has 0 radical (unpaired) electrons. The van der Waals surface area contributed by atoms with Crippen molar-refractivity contribution < 1.29 is 13.9 Å². The van der Waals surface area contributed by atoms with E-state index < -0.39 is 12.2 Å². The van der Waals surface area contributed by atoms with E-state index in [2.05, 4.69) is 0 Å². The van der Waals surface area contributed by atoms with Gasteiger partial charge in [-0.15, -0.1) is 0 Å². The maximum absolute atomic E-state index is 14.5. The lowest BCUT2D eigenvalue weighted by atomic mass is 9.80. The van der Waals surface area contributed by atoms with Gasteiger partial charge in [0.2, 0.25) is 0 Å². The molecule has 5 nitrogen and oxygen atoms in total. The molecule has 0 bridgehead atoms. The highest BCUT2D eigenvalue weighted by atomic mass is 19.1. The standard InChI is InChI=1S/C21H22FN3O2/c1-15(26)27-13-17-11-16-7-3-4-8-18(16)21(2,14-22)25(17)20-12-24-10-6-5-9-19(24)23-20/h3-10,12,17H,11,13-14H2,1-2H3. The number of carbonyl (C=O) groups excluding carboxylic acids is 1. The van der Waals surface area contributed by atoms with E-state index >= 15 is 0 Å². The highest BCUT2D eigenvalue weighted by Crippen LogP contribution is 2.41. The van der Waals surface area contributed by atoms with Crippen LogP contribution in [0.15, 0.2) is 54.9 Å². The molecule has 3 heterocycles. The predicted molar refractivity (Wildman–Crippen MR) is 102 cm³/mol. The molecule has 3 aromatic rings. The van der Waals surface area contributed by atoms with Crippen LogP contribution in [0.25, 0.3) is 5.65 Å². The summed E-state index contributed by atoms with van der Waals surface area (Å²) in [5.41, 5.74) is 1.93. The second-order valence-electron chi connectivity index (χ2n) is 7.16. The second kappa shape index (κ2) is 6.68. The van der Waals surface area contributed by atoms with Gasteiger partial charge in [0.05, 0.1) is 17.8 Å². The topological polar surface area (TPSA) is 46.8 Å². The number of hydrogen-bond acceptors (Lipinski definition) is 4. The minimum absolute atomic E-state index is 0.188. The van der Waals surface area contributed by atoms with Crippen molar-refractivity contribution in [3.05, 3.63) is 66.0 Å². The van der Waals surface area contributed by atoms with Gasteiger partial charge >= 0.3 is 5.97 Å². The molecule has 0 N–H and O–H groups in total. The number of hydrogen-bond donors (Lipinski definition) is 0. The molecule has 1 aliphatic heterocycles. The van der Waals surface area contributed by atoms with E-state index in [0.717, 1.165) is 16.8 Å². The Morgan fingerprint density at radius 1 is 1.30 bits per heavy atom. The molecule has 0 fully saturated rings. The number of aromatic nitrogens is 2. The average molecular weight is 367 g/mol. The summed E-state index contributed by atoms with van der Waals surface area (Å²) in [7, 11) is 0. The lowest BCUT2D eigenvalue weighted by Crippen LogP contribution is -2.57. The van der Waals surface area contributed by atoms with Gasteiger partial charge in [-0.3, -0.25) is 4.79 Å². The number of fused-ring (bicyclic) bond motifs is 2. The summed E-state index contributed by atoms with van der Waals surface area (Å²) in [5, 5.41) is 0. The SMILES string of the molecule is CC(=O)OCC1Cc2ccccc2C(C)(CF)N1c1cn2ccccc2n1. The lowest BCUT2D eigenvalue weighted by Gasteiger charge is -2.49. The van der Waals surface area contributed by atoms with Crippen LogP contribution in [0.1, 0.15) is 25.0 Å². The molecule has 140 valence electrons. The Bertz CT molecular complexity index is 953. The third-order valence-corrected chi connectivity index (χ3v) is 5.29. The summed E-state index contributed by atoms with van der Waals surface area (Å²) >= 11 is 0. The monoisotopic (exact) mass is 367 g/mol. The Balaban J connectivity index is 1.85. The number of benzene rings is 1. The first-order valence-electron chi connectivity index (χ1n) is 9.04. The van der Waals surface area contributed by atoms with Gasteiger partial charge in [-0.05, 0) is 36.6 Å².